The molecule has 26 heavy (non-hydrogen) atoms. The molecule has 1 aromatic carbocycles. The van der Waals surface area contributed by atoms with E-state index in [-0.39, 0.29) is 0 Å². The van der Waals surface area contributed by atoms with E-state index in [0.717, 1.165) is 44.2 Å². The molecule has 0 atom stereocenters. The monoisotopic (exact) mass is 360 g/mol. The molecular formula is C19H16N6S. The van der Waals surface area contributed by atoms with Gasteiger partial charge in [0.15, 0.2) is 5.65 Å². The lowest BCUT2D eigenvalue weighted by Crippen LogP contribution is -1.88. The fourth-order valence-corrected chi connectivity index (χ4v) is 3.51. The van der Waals surface area contributed by atoms with Gasteiger partial charge in [0, 0.05) is 47.6 Å². The van der Waals surface area contributed by atoms with Crippen LogP contribution in [0, 0.1) is 11.3 Å². The third kappa shape index (κ3) is 3.19. The van der Waals surface area contributed by atoms with Crippen LogP contribution in [0.15, 0.2) is 53.9 Å². The Bertz CT molecular complexity index is 1090. The Morgan fingerprint density at radius 3 is 2.77 bits per heavy atom. The minimum atomic E-state index is 0.557. The standard InChI is InChI=1S/C19H16N6S/c1-25-12-14(9-23-25)17-11-22-19-18(24-17)16(10-21-19)13-3-5-15(6-4-13)26-8-2-7-20/h3-6,9-12H,2,8H2,1H3,(H,21,22). The highest BCUT2D eigenvalue weighted by Crippen LogP contribution is 2.30. The first-order valence-electron chi connectivity index (χ1n) is 8.18. The minimum absolute atomic E-state index is 0.557. The number of rotatable bonds is 5. The number of hydrogen-bond acceptors (Lipinski definition) is 5. The molecule has 0 saturated heterocycles. The molecule has 1 N–H and O–H groups in total. The molecule has 3 aromatic heterocycles. The fraction of sp³-hybridized carbons (Fsp3) is 0.158. The molecule has 0 radical (unpaired) electrons. The number of thioether (sulfide) groups is 1. The predicted molar refractivity (Wildman–Crippen MR) is 102 cm³/mol. The van der Waals surface area contributed by atoms with Crippen LogP contribution in [-0.4, -0.2) is 30.5 Å². The highest BCUT2D eigenvalue weighted by Gasteiger charge is 2.11. The van der Waals surface area contributed by atoms with E-state index in [2.05, 4.69) is 45.4 Å². The molecule has 0 amide bonds. The lowest BCUT2D eigenvalue weighted by molar-refractivity contribution is 0.768. The molecule has 128 valence electrons. The Labute approximate surface area is 154 Å². The average Bonchev–Trinajstić information content (AvgIpc) is 3.28. The normalized spacial score (nSPS) is 10.9. The van der Waals surface area contributed by atoms with Crippen LogP contribution in [-0.2, 0) is 7.05 Å². The lowest BCUT2D eigenvalue weighted by atomic mass is 10.1. The van der Waals surface area contributed by atoms with Gasteiger partial charge in [0.25, 0.3) is 0 Å². The van der Waals surface area contributed by atoms with E-state index in [1.807, 2.05) is 19.4 Å². The predicted octanol–water partition coefficient (Wildman–Crippen LogP) is 4.03. The van der Waals surface area contributed by atoms with Crippen molar-refractivity contribution in [2.75, 3.05) is 5.75 Å². The summed E-state index contributed by atoms with van der Waals surface area (Å²) in [6.07, 6.45) is 7.97. The van der Waals surface area contributed by atoms with Gasteiger partial charge in [0.1, 0.15) is 5.52 Å². The number of H-pyrrole nitrogens is 1. The zero-order chi connectivity index (χ0) is 17.9. The molecule has 3 heterocycles. The van der Waals surface area contributed by atoms with E-state index in [1.54, 1.807) is 28.8 Å². The quantitative estimate of drug-likeness (QED) is 0.429. The molecule has 0 aliphatic heterocycles. The van der Waals surface area contributed by atoms with Crippen LogP contribution in [0.2, 0.25) is 0 Å². The van der Waals surface area contributed by atoms with E-state index in [0.29, 0.717) is 6.42 Å². The van der Waals surface area contributed by atoms with Gasteiger partial charge in [-0.2, -0.15) is 10.4 Å². The summed E-state index contributed by atoms with van der Waals surface area (Å²) in [4.78, 5) is 13.6. The van der Waals surface area contributed by atoms with E-state index < -0.39 is 0 Å². The Balaban J connectivity index is 1.67. The SMILES string of the molecule is Cn1cc(-c2cnc3[nH]cc(-c4ccc(SCCC#N)cc4)c3n2)cn1. The number of nitrogens with one attached hydrogen (secondary N) is 1. The van der Waals surface area contributed by atoms with Gasteiger partial charge in [-0.25, -0.2) is 9.97 Å². The first-order valence-corrected chi connectivity index (χ1v) is 9.16. The topological polar surface area (TPSA) is 83.2 Å². The van der Waals surface area contributed by atoms with Crippen LogP contribution >= 0.6 is 11.8 Å². The maximum Gasteiger partial charge on any atom is 0.156 e. The first kappa shape index (κ1) is 16.4. The van der Waals surface area contributed by atoms with Gasteiger partial charge >= 0.3 is 0 Å². The number of aromatic nitrogens is 5. The highest BCUT2D eigenvalue weighted by molar-refractivity contribution is 7.99. The number of benzene rings is 1. The van der Waals surface area contributed by atoms with Crippen molar-refractivity contribution in [3.8, 4) is 28.5 Å². The number of nitrogens with zero attached hydrogens (tertiary/aromatic N) is 5. The summed E-state index contributed by atoms with van der Waals surface area (Å²) >= 11 is 1.69. The van der Waals surface area contributed by atoms with Gasteiger partial charge in [-0.05, 0) is 17.7 Å². The summed E-state index contributed by atoms with van der Waals surface area (Å²) in [5, 5.41) is 12.8. The molecule has 6 nitrogen and oxygen atoms in total. The minimum Gasteiger partial charge on any atom is -0.344 e. The fourth-order valence-electron chi connectivity index (χ4n) is 2.75. The van der Waals surface area contributed by atoms with Crippen molar-refractivity contribution in [2.45, 2.75) is 11.3 Å². The molecule has 0 bridgehead atoms. The van der Waals surface area contributed by atoms with Gasteiger partial charge in [0.2, 0.25) is 0 Å². The molecular weight excluding hydrogens is 344 g/mol. The van der Waals surface area contributed by atoms with Gasteiger partial charge in [-0.15, -0.1) is 11.8 Å². The lowest BCUT2D eigenvalue weighted by Gasteiger charge is -2.03. The summed E-state index contributed by atoms with van der Waals surface area (Å²) < 4.78 is 1.75. The average molecular weight is 360 g/mol. The maximum absolute atomic E-state index is 8.64. The Kier molecular flexibility index (Phi) is 4.42. The second kappa shape index (κ2) is 7.02. The van der Waals surface area contributed by atoms with Crippen molar-refractivity contribution in [2.24, 2.45) is 7.05 Å². The molecule has 0 unspecified atom stereocenters. The summed E-state index contributed by atoms with van der Waals surface area (Å²) in [6, 6.07) is 10.5. The van der Waals surface area contributed by atoms with E-state index in [9.17, 15) is 0 Å². The van der Waals surface area contributed by atoms with Crippen molar-refractivity contribution in [3.05, 3.63) is 49.1 Å². The van der Waals surface area contributed by atoms with Crippen molar-refractivity contribution in [1.82, 2.24) is 24.7 Å². The summed E-state index contributed by atoms with van der Waals surface area (Å²) in [5.74, 6) is 0.808. The molecule has 0 spiro atoms. The third-order valence-corrected chi connectivity index (χ3v) is 5.04. The molecule has 0 fully saturated rings. The van der Waals surface area contributed by atoms with E-state index in [4.69, 9.17) is 10.2 Å². The Hall–Kier alpha value is -3.11. The zero-order valence-electron chi connectivity index (χ0n) is 14.2. The zero-order valence-corrected chi connectivity index (χ0v) is 15.0. The van der Waals surface area contributed by atoms with Crippen molar-refractivity contribution < 1.29 is 0 Å². The Morgan fingerprint density at radius 2 is 2.04 bits per heavy atom. The number of hydrogen-bond donors (Lipinski definition) is 1. The number of fused-ring (bicyclic) bond motifs is 1. The second-order valence-corrected chi connectivity index (χ2v) is 7.01. The third-order valence-electron chi connectivity index (χ3n) is 4.03. The molecule has 7 heteroatoms. The van der Waals surface area contributed by atoms with E-state index in [1.165, 1.54) is 0 Å². The van der Waals surface area contributed by atoms with Crippen LogP contribution in [0.1, 0.15) is 6.42 Å². The summed E-state index contributed by atoms with van der Waals surface area (Å²) in [6.45, 7) is 0. The van der Waals surface area contributed by atoms with Crippen LogP contribution < -0.4 is 0 Å². The number of aromatic amines is 1. The maximum atomic E-state index is 8.64. The van der Waals surface area contributed by atoms with Crippen molar-refractivity contribution >= 4 is 22.9 Å². The van der Waals surface area contributed by atoms with E-state index >= 15 is 0 Å². The smallest absolute Gasteiger partial charge is 0.156 e. The van der Waals surface area contributed by atoms with Gasteiger partial charge in [-0.3, -0.25) is 4.68 Å². The second-order valence-electron chi connectivity index (χ2n) is 5.84. The van der Waals surface area contributed by atoms with Gasteiger partial charge in [-0.1, -0.05) is 12.1 Å². The molecule has 4 aromatic rings. The summed E-state index contributed by atoms with van der Waals surface area (Å²) in [7, 11) is 1.88. The number of aryl methyl sites for hydroxylation is 1. The van der Waals surface area contributed by atoms with Gasteiger partial charge in [0.05, 0.1) is 24.2 Å². The summed E-state index contributed by atoms with van der Waals surface area (Å²) in [5.41, 5.74) is 5.45. The largest absolute Gasteiger partial charge is 0.344 e. The van der Waals surface area contributed by atoms with Crippen LogP contribution in [0.3, 0.4) is 0 Å². The number of nitriles is 1. The van der Waals surface area contributed by atoms with Crippen LogP contribution in [0.25, 0.3) is 33.5 Å². The highest BCUT2D eigenvalue weighted by atomic mass is 32.2. The van der Waals surface area contributed by atoms with Crippen molar-refractivity contribution in [3.63, 3.8) is 0 Å². The molecule has 4 rings (SSSR count). The molecule has 0 aliphatic carbocycles. The Morgan fingerprint density at radius 1 is 1.19 bits per heavy atom. The van der Waals surface area contributed by atoms with Crippen LogP contribution in [0.5, 0.6) is 0 Å². The molecule has 0 saturated carbocycles. The van der Waals surface area contributed by atoms with Crippen molar-refractivity contribution in [1.29, 1.82) is 5.26 Å². The first-order chi connectivity index (χ1) is 12.7. The van der Waals surface area contributed by atoms with Crippen LogP contribution in [0.4, 0.5) is 0 Å². The molecule has 0 aliphatic rings. The van der Waals surface area contributed by atoms with Gasteiger partial charge < -0.3 is 4.98 Å².